The molecule has 0 fully saturated rings. The molecule has 0 bridgehead atoms. The summed E-state index contributed by atoms with van der Waals surface area (Å²) in [5.74, 6) is -1.07. The molecule has 0 N–H and O–H groups in total. The smallest absolute Gasteiger partial charge is 0.339 e. The van der Waals surface area contributed by atoms with Gasteiger partial charge in [-0.25, -0.2) is 14.0 Å². The molecule has 0 amide bonds. The standard InChI is InChI=1S/C14H12FNO2.C7H6BrNO2.C2H6/c1-18-14(17)13-5-6-16-9-11(13)7-10-3-2-4-12(15)8-10;1-11-7(10)5-2-3-9-4-6(5)8;1-2/h2-6,8-9H,7H2,1H3;2-4H,1H3;1-2H3. The minimum absolute atomic E-state index is 0.295. The van der Waals surface area contributed by atoms with Crippen LogP contribution in [0.15, 0.2) is 65.7 Å². The van der Waals surface area contributed by atoms with Gasteiger partial charge in [0.05, 0.1) is 29.8 Å². The van der Waals surface area contributed by atoms with E-state index in [1.165, 1.54) is 38.7 Å². The van der Waals surface area contributed by atoms with Gasteiger partial charge in [0.15, 0.2) is 0 Å². The average Bonchev–Trinajstić information content (AvgIpc) is 2.80. The van der Waals surface area contributed by atoms with E-state index in [4.69, 9.17) is 4.74 Å². The predicted molar refractivity (Wildman–Crippen MR) is 119 cm³/mol. The van der Waals surface area contributed by atoms with E-state index >= 15 is 0 Å². The van der Waals surface area contributed by atoms with Crippen molar-refractivity contribution in [2.75, 3.05) is 14.2 Å². The molecule has 2 aromatic heterocycles. The maximum absolute atomic E-state index is 13.1. The quantitative estimate of drug-likeness (QED) is 0.464. The molecule has 0 aliphatic heterocycles. The molecule has 0 unspecified atom stereocenters. The summed E-state index contributed by atoms with van der Waals surface area (Å²) in [6.45, 7) is 4.00. The third-order valence-corrected chi connectivity index (χ3v) is 4.40. The van der Waals surface area contributed by atoms with Gasteiger partial charge in [0, 0.05) is 24.8 Å². The summed E-state index contributed by atoms with van der Waals surface area (Å²) in [7, 11) is 2.67. The Morgan fingerprint density at radius 1 is 0.935 bits per heavy atom. The zero-order valence-corrected chi connectivity index (χ0v) is 19.3. The molecule has 6 nitrogen and oxygen atoms in total. The summed E-state index contributed by atoms with van der Waals surface area (Å²) >= 11 is 3.17. The van der Waals surface area contributed by atoms with E-state index in [1.807, 2.05) is 13.8 Å². The number of rotatable bonds is 4. The fraction of sp³-hybridized carbons (Fsp3) is 0.217. The Kier molecular flexibility index (Phi) is 11.7. The van der Waals surface area contributed by atoms with Crippen LogP contribution in [0.2, 0.25) is 0 Å². The van der Waals surface area contributed by atoms with Gasteiger partial charge in [0.2, 0.25) is 0 Å². The van der Waals surface area contributed by atoms with Gasteiger partial charge in [-0.2, -0.15) is 0 Å². The maximum atomic E-state index is 13.1. The van der Waals surface area contributed by atoms with Crippen LogP contribution in [0.25, 0.3) is 0 Å². The Bertz CT molecular complexity index is 999. The van der Waals surface area contributed by atoms with Gasteiger partial charge in [-0.3, -0.25) is 9.97 Å². The minimum Gasteiger partial charge on any atom is -0.465 e. The highest BCUT2D eigenvalue weighted by Gasteiger charge is 2.12. The molecule has 2 heterocycles. The van der Waals surface area contributed by atoms with Gasteiger partial charge in [0.25, 0.3) is 0 Å². The topological polar surface area (TPSA) is 78.4 Å². The van der Waals surface area contributed by atoms with Crippen LogP contribution >= 0.6 is 15.9 Å². The lowest BCUT2D eigenvalue weighted by atomic mass is 10.0. The van der Waals surface area contributed by atoms with Gasteiger partial charge < -0.3 is 9.47 Å². The fourth-order valence-corrected chi connectivity index (χ4v) is 2.81. The molecule has 1 aromatic carbocycles. The number of halogens is 2. The highest BCUT2D eigenvalue weighted by atomic mass is 79.9. The number of pyridine rings is 2. The van der Waals surface area contributed by atoms with Crippen molar-refractivity contribution in [1.82, 2.24) is 9.97 Å². The van der Waals surface area contributed by atoms with Crippen molar-refractivity contribution in [3.05, 3.63) is 93.7 Å². The van der Waals surface area contributed by atoms with Crippen LogP contribution < -0.4 is 0 Å². The average molecular weight is 491 g/mol. The number of aromatic nitrogens is 2. The third kappa shape index (κ3) is 8.25. The molecule has 0 saturated carbocycles. The van der Waals surface area contributed by atoms with Crippen LogP contribution in [0.3, 0.4) is 0 Å². The molecule has 0 saturated heterocycles. The number of methoxy groups -OCH3 is 2. The lowest BCUT2D eigenvalue weighted by Crippen LogP contribution is -2.06. The molecule has 0 spiro atoms. The first-order chi connectivity index (χ1) is 15.0. The second kappa shape index (κ2) is 14.0. The number of carbonyl (C=O) groups excluding carboxylic acids is 2. The van der Waals surface area contributed by atoms with Gasteiger partial charge in [0.1, 0.15) is 5.82 Å². The van der Waals surface area contributed by atoms with Crippen molar-refractivity contribution in [2.45, 2.75) is 20.3 Å². The van der Waals surface area contributed by atoms with Crippen molar-refractivity contribution in [2.24, 2.45) is 0 Å². The number of nitrogens with zero attached hydrogens (tertiary/aromatic N) is 2. The monoisotopic (exact) mass is 490 g/mol. The van der Waals surface area contributed by atoms with E-state index in [-0.39, 0.29) is 11.8 Å². The van der Waals surface area contributed by atoms with Gasteiger partial charge in [-0.05, 0) is 57.7 Å². The van der Waals surface area contributed by atoms with E-state index < -0.39 is 5.97 Å². The van der Waals surface area contributed by atoms with Crippen LogP contribution in [-0.4, -0.2) is 36.1 Å². The number of ether oxygens (including phenoxy) is 2. The van der Waals surface area contributed by atoms with Crippen molar-refractivity contribution in [1.29, 1.82) is 0 Å². The molecule has 0 atom stereocenters. The van der Waals surface area contributed by atoms with Crippen molar-refractivity contribution >= 4 is 27.9 Å². The fourth-order valence-electron chi connectivity index (χ4n) is 2.39. The molecular weight excluding hydrogens is 467 g/mol. The van der Waals surface area contributed by atoms with Crippen molar-refractivity contribution in [3.63, 3.8) is 0 Å². The number of hydrogen-bond donors (Lipinski definition) is 0. The van der Waals surface area contributed by atoms with Crippen LogP contribution in [0.5, 0.6) is 0 Å². The van der Waals surface area contributed by atoms with E-state index in [0.717, 1.165) is 11.1 Å². The highest BCUT2D eigenvalue weighted by molar-refractivity contribution is 9.10. The largest absolute Gasteiger partial charge is 0.465 e. The van der Waals surface area contributed by atoms with Crippen LogP contribution in [0.1, 0.15) is 45.7 Å². The second-order valence-electron chi connectivity index (χ2n) is 5.68. The molecule has 0 aliphatic rings. The van der Waals surface area contributed by atoms with E-state index in [9.17, 15) is 14.0 Å². The van der Waals surface area contributed by atoms with E-state index in [2.05, 4.69) is 30.6 Å². The minimum atomic E-state index is -0.413. The molecular formula is C23H24BrFN2O4. The summed E-state index contributed by atoms with van der Waals surface area (Å²) in [6, 6.07) is 9.45. The Labute approximate surface area is 189 Å². The SMILES string of the molecule is CC.COC(=O)c1ccncc1Br.COC(=O)c1ccncc1Cc1cccc(F)c1. The predicted octanol–water partition coefficient (Wildman–Crippen LogP) is 5.26. The first-order valence-electron chi connectivity index (χ1n) is 9.39. The molecule has 3 aromatic rings. The van der Waals surface area contributed by atoms with E-state index in [0.29, 0.717) is 22.0 Å². The number of carbonyl (C=O) groups is 2. The summed E-state index contributed by atoms with van der Waals surface area (Å²) < 4.78 is 23.0. The molecule has 3 rings (SSSR count). The van der Waals surface area contributed by atoms with Crippen LogP contribution in [0, 0.1) is 5.82 Å². The third-order valence-electron chi connectivity index (χ3n) is 3.77. The molecule has 0 radical (unpaired) electrons. The molecule has 31 heavy (non-hydrogen) atoms. The van der Waals surface area contributed by atoms with Crippen LogP contribution in [-0.2, 0) is 15.9 Å². The summed E-state index contributed by atoms with van der Waals surface area (Å²) in [4.78, 5) is 30.3. The van der Waals surface area contributed by atoms with Gasteiger partial charge in [-0.1, -0.05) is 26.0 Å². The summed E-state index contributed by atoms with van der Waals surface area (Å²) in [5.41, 5.74) is 2.45. The molecule has 8 heteroatoms. The number of benzene rings is 1. The zero-order chi connectivity index (χ0) is 23.2. The van der Waals surface area contributed by atoms with Gasteiger partial charge >= 0.3 is 11.9 Å². The Morgan fingerprint density at radius 2 is 1.52 bits per heavy atom. The van der Waals surface area contributed by atoms with Crippen molar-refractivity contribution in [3.8, 4) is 0 Å². The maximum Gasteiger partial charge on any atom is 0.339 e. The highest BCUT2D eigenvalue weighted by Crippen LogP contribution is 2.15. The Hall–Kier alpha value is -3.13. The molecule has 0 aliphatic carbocycles. The first kappa shape index (κ1) is 25.9. The van der Waals surface area contributed by atoms with Crippen LogP contribution in [0.4, 0.5) is 4.39 Å². The normalized spacial score (nSPS) is 9.35. The summed E-state index contributed by atoms with van der Waals surface area (Å²) in [5, 5.41) is 0. The lowest BCUT2D eigenvalue weighted by Gasteiger charge is -2.07. The Morgan fingerprint density at radius 3 is 2.10 bits per heavy atom. The number of esters is 2. The van der Waals surface area contributed by atoms with E-state index in [1.54, 1.807) is 36.7 Å². The number of hydrogen-bond acceptors (Lipinski definition) is 6. The van der Waals surface area contributed by atoms with Crippen molar-refractivity contribution < 1.29 is 23.5 Å². The zero-order valence-electron chi connectivity index (χ0n) is 17.8. The first-order valence-corrected chi connectivity index (χ1v) is 10.2. The lowest BCUT2D eigenvalue weighted by molar-refractivity contribution is 0.0590. The summed E-state index contributed by atoms with van der Waals surface area (Å²) in [6.07, 6.45) is 6.65. The molecule has 164 valence electrons. The van der Waals surface area contributed by atoms with Gasteiger partial charge in [-0.15, -0.1) is 0 Å². The second-order valence-corrected chi connectivity index (χ2v) is 6.53. The Balaban J connectivity index is 0.000000317.